The van der Waals surface area contributed by atoms with Gasteiger partial charge in [-0.2, -0.15) is 0 Å². The van der Waals surface area contributed by atoms with Crippen LogP contribution in [0.4, 0.5) is 5.69 Å². The van der Waals surface area contributed by atoms with Gasteiger partial charge in [0.05, 0.1) is 10.6 Å². The number of nitrogens with one attached hydrogen (secondary N) is 2. The molecule has 1 aromatic carbocycles. The Balaban J connectivity index is 2.93. The molecule has 0 bridgehead atoms. The van der Waals surface area contributed by atoms with Crippen molar-refractivity contribution in [2.24, 2.45) is 0 Å². The van der Waals surface area contributed by atoms with Crippen LogP contribution in [-0.2, 0) is 9.59 Å². The minimum absolute atomic E-state index is 0.221. The fourth-order valence-electron chi connectivity index (χ4n) is 1.51. The molecule has 21 heavy (non-hydrogen) atoms. The Bertz CT molecular complexity index is 571. The summed E-state index contributed by atoms with van der Waals surface area (Å²) in [5, 5.41) is 5.29. The Morgan fingerprint density at radius 2 is 1.90 bits per heavy atom. The summed E-state index contributed by atoms with van der Waals surface area (Å²) in [6.45, 7) is 3.14. The molecular weight excluding hydrogens is 294 g/mol. The maximum Gasteiger partial charge on any atom is 0.254 e. The van der Waals surface area contributed by atoms with Crippen molar-refractivity contribution in [1.29, 1.82) is 0 Å². The van der Waals surface area contributed by atoms with E-state index in [1.165, 1.54) is 11.0 Å². The smallest absolute Gasteiger partial charge is 0.254 e. The van der Waals surface area contributed by atoms with Crippen LogP contribution in [0.25, 0.3) is 0 Å². The van der Waals surface area contributed by atoms with Gasteiger partial charge in [0.25, 0.3) is 5.91 Å². The van der Waals surface area contributed by atoms with Gasteiger partial charge in [-0.3, -0.25) is 14.4 Å². The molecule has 0 fully saturated rings. The fraction of sp³-hybridized carbons (Fsp3) is 0.357. The molecule has 0 saturated heterocycles. The van der Waals surface area contributed by atoms with Crippen molar-refractivity contribution in [3.8, 4) is 0 Å². The van der Waals surface area contributed by atoms with Crippen molar-refractivity contribution in [3.05, 3.63) is 28.8 Å². The first-order chi connectivity index (χ1) is 9.69. The average molecular weight is 312 g/mol. The minimum Gasteiger partial charge on any atom is -0.345 e. The molecule has 3 amide bonds. The molecule has 6 nitrogen and oxygen atoms in total. The third-order valence-corrected chi connectivity index (χ3v) is 3.16. The quantitative estimate of drug-likeness (QED) is 0.809. The molecule has 0 aliphatic rings. The minimum atomic E-state index is -1.05. The highest BCUT2D eigenvalue weighted by Crippen LogP contribution is 2.22. The number of anilines is 1. The van der Waals surface area contributed by atoms with Crippen molar-refractivity contribution < 1.29 is 14.4 Å². The molecule has 0 saturated carbocycles. The van der Waals surface area contributed by atoms with Gasteiger partial charge in [-0.15, -0.1) is 0 Å². The van der Waals surface area contributed by atoms with Crippen LogP contribution in [0, 0.1) is 0 Å². The number of halogens is 1. The Morgan fingerprint density at radius 1 is 1.29 bits per heavy atom. The normalized spacial score (nSPS) is 10.7. The zero-order chi connectivity index (χ0) is 16.2. The topological polar surface area (TPSA) is 78.5 Å². The predicted octanol–water partition coefficient (Wildman–Crippen LogP) is 1.50. The predicted molar refractivity (Wildman–Crippen MR) is 81.4 cm³/mol. The van der Waals surface area contributed by atoms with Crippen LogP contribution in [0.2, 0.25) is 5.02 Å². The number of hydrogen-bond donors (Lipinski definition) is 2. The van der Waals surface area contributed by atoms with Gasteiger partial charge in [0.2, 0.25) is 12.3 Å². The first kappa shape index (κ1) is 17.0. The highest BCUT2D eigenvalue weighted by molar-refractivity contribution is 6.34. The van der Waals surface area contributed by atoms with Gasteiger partial charge in [0, 0.05) is 19.8 Å². The third kappa shape index (κ3) is 4.19. The summed E-state index contributed by atoms with van der Waals surface area (Å²) in [7, 11) is 3.25. The zero-order valence-electron chi connectivity index (χ0n) is 12.4. The average Bonchev–Trinajstić information content (AvgIpc) is 2.37. The van der Waals surface area contributed by atoms with Crippen LogP contribution in [0.5, 0.6) is 0 Å². The molecule has 2 N–H and O–H groups in total. The van der Waals surface area contributed by atoms with Gasteiger partial charge >= 0.3 is 0 Å². The Kier molecular flexibility index (Phi) is 5.32. The number of benzene rings is 1. The number of carbonyl (C=O) groups is 3. The van der Waals surface area contributed by atoms with Crippen LogP contribution in [0.1, 0.15) is 24.2 Å². The molecule has 1 rings (SSSR count). The molecule has 0 aliphatic carbocycles. The Morgan fingerprint density at radius 3 is 2.38 bits per heavy atom. The van der Waals surface area contributed by atoms with Gasteiger partial charge in [0.1, 0.15) is 5.54 Å². The van der Waals surface area contributed by atoms with Crippen molar-refractivity contribution in [1.82, 2.24) is 10.2 Å². The molecule has 114 valence electrons. The summed E-state index contributed by atoms with van der Waals surface area (Å²) >= 11 is 6.06. The largest absolute Gasteiger partial charge is 0.345 e. The van der Waals surface area contributed by atoms with Crippen molar-refractivity contribution in [2.75, 3.05) is 19.4 Å². The summed E-state index contributed by atoms with van der Waals surface area (Å²) in [4.78, 5) is 35.7. The summed E-state index contributed by atoms with van der Waals surface area (Å²) in [5.41, 5.74) is -0.252. The highest BCUT2D eigenvalue weighted by atomic mass is 35.5. The lowest BCUT2D eigenvalue weighted by Gasteiger charge is -2.22. The SMILES string of the molecule is CN(C)C(=O)c1ccc(NC(=O)C(C)(C)NC=O)cc1Cl. The summed E-state index contributed by atoms with van der Waals surface area (Å²) in [6, 6.07) is 4.62. The van der Waals surface area contributed by atoms with E-state index in [2.05, 4.69) is 10.6 Å². The second kappa shape index (κ2) is 6.58. The summed E-state index contributed by atoms with van der Waals surface area (Å²) in [6.07, 6.45) is 0.464. The van der Waals surface area contributed by atoms with E-state index in [1.54, 1.807) is 40.1 Å². The van der Waals surface area contributed by atoms with Crippen LogP contribution in [0.3, 0.4) is 0 Å². The van der Waals surface area contributed by atoms with E-state index in [1.807, 2.05) is 0 Å². The second-order valence-corrected chi connectivity index (χ2v) is 5.64. The standard InChI is InChI=1S/C14H18ClN3O3/c1-14(2,16-8-19)13(21)17-9-5-6-10(11(15)7-9)12(20)18(3)4/h5-8H,1-4H3,(H,16,19)(H,17,21). The lowest BCUT2D eigenvalue weighted by atomic mass is 10.0. The van der Waals surface area contributed by atoms with Crippen LogP contribution < -0.4 is 10.6 Å². The Labute approximate surface area is 128 Å². The molecule has 7 heteroatoms. The van der Waals surface area contributed by atoms with Gasteiger partial charge in [-0.1, -0.05) is 11.6 Å². The van der Waals surface area contributed by atoms with E-state index in [-0.39, 0.29) is 10.9 Å². The molecule has 0 heterocycles. The molecule has 0 aliphatic heterocycles. The second-order valence-electron chi connectivity index (χ2n) is 5.24. The van der Waals surface area contributed by atoms with Gasteiger partial charge in [-0.25, -0.2) is 0 Å². The lowest BCUT2D eigenvalue weighted by Crippen LogP contribution is -2.49. The van der Waals surface area contributed by atoms with E-state index in [4.69, 9.17) is 11.6 Å². The molecular formula is C14H18ClN3O3. The number of nitrogens with zero attached hydrogens (tertiary/aromatic N) is 1. The van der Waals surface area contributed by atoms with E-state index < -0.39 is 11.4 Å². The number of rotatable bonds is 5. The van der Waals surface area contributed by atoms with Gasteiger partial charge < -0.3 is 15.5 Å². The highest BCUT2D eigenvalue weighted by Gasteiger charge is 2.26. The zero-order valence-corrected chi connectivity index (χ0v) is 13.1. The van der Waals surface area contributed by atoms with E-state index in [0.29, 0.717) is 17.7 Å². The van der Waals surface area contributed by atoms with Crippen LogP contribution in [0.15, 0.2) is 18.2 Å². The van der Waals surface area contributed by atoms with Crippen molar-refractivity contribution in [2.45, 2.75) is 19.4 Å². The molecule has 1 aromatic rings. The monoisotopic (exact) mass is 311 g/mol. The third-order valence-electron chi connectivity index (χ3n) is 2.85. The molecule has 0 radical (unpaired) electrons. The van der Waals surface area contributed by atoms with Crippen LogP contribution >= 0.6 is 11.6 Å². The number of carbonyl (C=O) groups excluding carboxylic acids is 3. The number of amides is 3. The van der Waals surface area contributed by atoms with Gasteiger partial charge in [-0.05, 0) is 32.0 Å². The maximum atomic E-state index is 12.0. The van der Waals surface area contributed by atoms with Crippen molar-refractivity contribution in [3.63, 3.8) is 0 Å². The molecule has 0 spiro atoms. The first-order valence-electron chi connectivity index (χ1n) is 6.23. The Hall–Kier alpha value is -2.08. The number of hydrogen-bond acceptors (Lipinski definition) is 3. The molecule has 0 unspecified atom stereocenters. The van der Waals surface area contributed by atoms with Crippen LogP contribution in [-0.4, -0.2) is 42.8 Å². The summed E-state index contributed by atoms with van der Waals surface area (Å²) in [5.74, 6) is -0.613. The fourth-order valence-corrected chi connectivity index (χ4v) is 1.77. The summed E-state index contributed by atoms with van der Waals surface area (Å²) < 4.78 is 0. The maximum absolute atomic E-state index is 12.0. The van der Waals surface area contributed by atoms with E-state index in [9.17, 15) is 14.4 Å². The lowest BCUT2D eigenvalue weighted by molar-refractivity contribution is -0.124. The first-order valence-corrected chi connectivity index (χ1v) is 6.61. The van der Waals surface area contributed by atoms with E-state index >= 15 is 0 Å². The molecule has 0 aromatic heterocycles. The van der Waals surface area contributed by atoms with E-state index in [0.717, 1.165) is 0 Å². The van der Waals surface area contributed by atoms with Crippen molar-refractivity contribution >= 4 is 35.5 Å². The molecule has 0 atom stereocenters. The van der Waals surface area contributed by atoms with Gasteiger partial charge in [0.15, 0.2) is 0 Å².